The highest BCUT2D eigenvalue weighted by Crippen LogP contribution is 2.49. The van der Waals surface area contributed by atoms with Gasteiger partial charge in [0, 0.05) is 37.4 Å². The number of carbonyl (C=O) groups is 3. The number of halogens is 2. The molecule has 2 atom stereocenters. The van der Waals surface area contributed by atoms with Crippen molar-refractivity contribution in [3.8, 4) is 0 Å². The molecule has 38 heavy (non-hydrogen) atoms. The van der Waals surface area contributed by atoms with Crippen molar-refractivity contribution in [2.45, 2.75) is 31.7 Å². The molecule has 0 radical (unpaired) electrons. The normalized spacial score (nSPS) is 20.4. The van der Waals surface area contributed by atoms with Crippen LogP contribution in [0.2, 0.25) is 10.0 Å². The molecule has 11 heteroatoms. The highest BCUT2D eigenvalue weighted by molar-refractivity contribution is 8.24. The van der Waals surface area contributed by atoms with Gasteiger partial charge in [-0.15, -0.1) is 0 Å². The molecule has 2 aliphatic rings. The third kappa shape index (κ3) is 7.09. The Morgan fingerprint density at radius 3 is 2.32 bits per heavy atom. The van der Waals surface area contributed by atoms with Gasteiger partial charge in [-0.1, -0.05) is 59.6 Å². The Bertz CT molecular complexity index is 1230. The van der Waals surface area contributed by atoms with E-state index in [9.17, 15) is 28.6 Å². The molecular formula is C27H30Cl2N2O6S. The first-order valence-corrected chi connectivity index (χ1v) is 14.9. The zero-order valence-electron chi connectivity index (χ0n) is 20.6. The average Bonchev–Trinajstić information content (AvgIpc) is 3.21. The van der Waals surface area contributed by atoms with E-state index in [2.05, 4.69) is 5.32 Å². The zero-order valence-corrected chi connectivity index (χ0v) is 22.9. The monoisotopic (exact) mass is 580 g/mol. The van der Waals surface area contributed by atoms with E-state index in [1.54, 1.807) is 11.0 Å². The van der Waals surface area contributed by atoms with E-state index in [1.165, 1.54) is 12.1 Å². The summed E-state index contributed by atoms with van der Waals surface area (Å²) < 4.78 is 19.6. The second kappa shape index (κ2) is 12.1. The number of carboxylic acid groups (broad SMARTS) is 1. The van der Waals surface area contributed by atoms with Gasteiger partial charge in [0.1, 0.15) is 6.04 Å². The van der Waals surface area contributed by atoms with Crippen molar-refractivity contribution < 1.29 is 28.6 Å². The summed E-state index contributed by atoms with van der Waals surface area (Å²) in [6.45, 7) is 1.09. The van der Waals surface area contributed by atoms with Gasteiger partial charge in [0.15, 0.2) is 0 Å². The largest absolute Gasteiger partial charge is 0.480 e. The fourth-order valence-corrected chi connectivity index (χ4v) is 7.32. The highest BCUT2D eigenvalue weighted by atomic mass is 35.5. The van der Waals surface area contributed by atoms with E-state index in [-0.39, 0.29) is 33.9 Å². The second-order valence-electron chi connectivity index (χ2n) is 9.71. The smallest absolute Gasteiger partial charge is 0.326 e. The van der Waals surface area contributed by atoms with Crippen molar-refractivity contribution in [1.82, 2.24) is 10.2 Å². The van der Waals surface area contributed by atoms with Crippen molar-refractivity contribution >= 4 is 57.1 Å². The number of carbonyl (C=O) groups excluding carboxylic acids is 2. The molecule has 0 aromatic heterocycles. The van der Waals surface area contributed by atoms with Gasteiger partial charge in [0.05, 0.1) is 15.6 Å². The molecule has 1 unspecified atom stereocenters. The molecule has 2 aromatic carbocycles. The maximum Gasteiger partial charge on any atom is 0.326 e. The van der Waals surface area contributed by atoms with E-state index < -0.39 is 28.5 Å². The lowest BCUT2D eigenvalue weighted by Gasteiger charge is -2.29. The van der Waals surface area contributed by atoms with Crippen LogP contribution in [0.25, 0.3) is 5.57 Å². The van der Waals surface area contributed by atoms with Gasteiger partial charge in [0.25, 0.3) is 5.91 Å². The summed E-state index contributed by atoms with van der Waals surface area (Å²) in [5, 5.41) is 12.5. The van der Waals surface area contributed by atoms with Crippen LogP contribution in [0.3, 0.4) is 0 Å². The number of amides is 2. The number of hydrogen-bond acceptors (Lipinski definition) is 5. The van der Waals surface area contributed by atoms with Crippen LogP contribution in [0.1, 0.15) is 40.7 Å². The van der Waals surface area contributed by atoms with E-state index in [1.807, 2.05) is 30.3 Å². The highest BCUT2D eigenvalue weighted by Gasteiger charge is 2.31. The minimum atomic E-state index is -2.50. The van der Waals surface area contributed by atoms with E-state index in [0.29, 0.717) is 43.9 Å². The summed E-state index contributed by atoms with van der Waals surface area (Å²) in [5.74, 6) is -1.05. The molecular weight excluding hydrogens is 551 g/mol. The van der Waals surface area contributed by atoms with Crippen molar-refractivity contribution in [3.63, 3.8) is 0 Å². The molecule has 0 bridgehead atoms. The number of carboxylic acids is 1. The van der Waals surface area contributed by atoms with Crippen LogP contribution >= 0.6 is 33.8 Å². The summed E-state index contributed by atoms with van der Waals surface area (Å²) in [7, 11) is -2.50. The fraction of sp³-hybridized carbons (Fsp3) is 0.370. The molecule has 2 aromatic rings. The lowest BCUT2D eigenvalue weighted by Crippen LogP contribution is -2.42. The molecule has 2 amide bonds. The van der Waals surface area contributed by atoms with Gasteiger partial charge in [-0.2, -0.15) is 10.6 Å². The molecule has 4 N–H and O–H groups in total. The Morgan fingerprint density at radius 2 is 1.76 bits per heavy atom. The molecule has 1 saturated heterocycles. The SMILES string of the molecule is O=C(N[C@@H](Cc1ccc(C2=CCN(C(=O)CC3CCS(O)(O)C3)CC2)cc1)C(=O)O)c1c(Cl)cccc1Cl. The standard InChI is InChI=1S/C27H30Cl2N2O6S/c28-21-2-1-3-22(29)25(21)26(33)30-23(27(34)35)14-17-4-6-19(7-5-17)20-8-11-31(12-9-20)24(32)15-18-10-13-38(36,37)16-18/h1-8,18,23,36-37H,9-16H2,(H,30,33)(H,34,35)/t18?,23-/m0/s1. The Hall–Kier alpha value is -2.56. The van der Waals surface area contributed by atoms with Crippen molar-refractivity contribution in [2.75, 3.05) is 24.6 Å². The van der Waals surface area contributed by atoms with Crippen LogP contribution in [0.5, 0.6) is 0 Å². The van der Waals surface area contributed by atoms with Crippen LogP contribution in [-0.4, -0.2) is 67.5 Å². The van der Waals surface area contributed by atoms with Crippen LogP contribution in [0, 0.1) is 5.92 Å². The molecule has 1 fully saturated rings. The minimum absolute atomic E-state index is 0.0338. The second-order valence-corrected chi connectivity index (χ2v) is 12.9. The lowest BCUT2D eigenvalue weighted by atomic mass is 9.96. The Kier molecular flexibility index (Phi) is 9.05. The van der Waals surface area contributed by atoms with E-state index >= 15 is 0 Å². The predicted molar refractivity (Wildman–Crippen MR) is 150 cm³/mol. The van der Waals surface area contributed by atoms with Crippen LogP contribution in [-0.2, 0) is 16.0 Å². The van der Waals surface area contributed by atoms with E-state index in [0.717, 1.165) is 16.7 Å². The molecule has 0 spiro atoms. The number of benzene rings is 2. The van der Waals surface area contributed by atoms with E-state index in [4.69, 9.17) is 23.2 Å². The summed E-state index contributed by atoms with van der Waals surface area (Å²) in [4.78, 5) is 39.0. The molecule has 4 rings (SSSR count). The van der Waals surface area contributed by atoms with Crippen molar-refractivity contribution in [3.05, 3.63) is 75.3 Å². The van der Waals surface area contributed by atoms with Crippen LogP contribution in [0.4, 0.5) is 0 Å². The number of aliphatic carboxylic acids is 1. The fourth-order valence-electron chi connectivity index (χ4n) is 4.83. The molecule has 8 nitrogen and oxygen atoms in total. The summed E-state index contributed by atoms with van der Waals surface area (Å²) in [6.07, 6.45) is 3.81. The topological polar surface area (TPSA) is 127 Å². The number of rotatable bonds is 8. The van der Waals surface area contributed by atoms with Crippen molar-refractivity contribution in [1.29, 1.82) is 0 Å². The summed E-state index contributed by atoms with van der Waals surface area (Å²) >= 11 is 12.2. The predicted octanol–water partition coefficient (Wildman–Crippen LogP) is 5.20. The molecule has 0 saturated carbocycles. The van der Waals surface area contributed by atoms with Crippen molar-refractivity contribution in [2.24, 2.45) is 5.92 Å². The van der Waals surface area contributed by atoms with Gasteiger partial charge in [-0.05, 0) is 47.6 Å². The average molecular weight is 582 g/mol. The Morgan fingerprint density at radius 1 is 1.08 bits per heavy atom. The van der Waals surface area contributed by atoms with Gasteiger partial charge in [0.2, 0.25) is 5.91 Å². The lowest BCUT2D eigenvalue weighted by molar-refractivity contribution is -0.139. The van der Waals surface area contributed by atoms with Gasteiger partial charge in [-0.3, -0.25) is 18.7 Å². The third-order valence-corrected chi connectivity index (χ3v) is 9.46. The maximum absolute atomic E-state index is 12.7. The molecule has 204 valence electrons. The maximum atomic E-state index is 12.7. The molecule has 2 aliphatic heterocycles. The summed E-state index contributed by atoms with van der Waals surface area (Å²) in [6, 6.07) is 10.9. The third-order valence-electron chi connectivity index (χ3n) is 6.94. The minimum Gasteiger partial charge on any atom is -0.480 e. The van der Waals surface area contributed by atoms with Gasteiger partial charge in [-0.25, -0.2) is 4.79 Å². The quantitative estimate of drug-likeness (QED) is 0.340. The molecule has 2 heterocycles. The van der Waals surface area contributed by atoms with Gasteiger partial charge < -0.3 is 15.3 Å². The summed E-state index contributed by atoms with van der Waals surface area (Å²) in [5.41, 5.74) is 2.87. The van der Waals surface area contributed by atoms with Crippen LogP contribution < -0.4 is 5.32 Å². The number of nitrogens with one attached hydrogen (secondary N) is 1. The number of nitrogens with zero attached hydrogens (tertiary/aromatic N) is 1. The first kappa shape index (κ1) is 28.4. The first-order chi connectivity index (χ1) is 18.0. The number of hydrogen-bond donors (Lipinski definition) is 4. The first-order valence-electron chi connectivity index (χ1n) is 12.3. The Labute approximate surface area is 233 Å². The van der Waals surface area contributed by atoms with Crippen LogP contribution in [0.15, 0.2) is 48.5 Å². The van der Waals surface area contributed by atoms with Gasteiger partial charge >= 0.3 is 5.97 Å². The zero-order chi connectivity index (χ0) is 27.4. The Balaban J connectivity index is 1.34. The molecule has 0 aliphatic carbocycles.